The maximum Gasteiger partial charge on any atom is 0.314 e. The lowest BCUT2D eigenvalue weighted by atomic mass is 10.7. The molecule has 0 atom stereocenters. The van der Waals surface area contributed by atoms with E-state index in [0.717, 1.165) is 0 Å². The molecule has 1 heterocycles. The van der Waals surface area contributed by atoms with Gasteiger partial charge in [0.15, 0.2) is 0 Å². The first-order valence-electron chi connectivity index (χ1n) is 3.07. The van der Waals surface area contributed by atoms with E-state index in [1.54, 1.807) is 0 Å². The van der Waals surface area contributed by atoms with Gasteiger partial charge in [0.1, 0.15) is 0 Å². The molecule has 0 unspecified atom stereocenters. The van der Waals surface area contributed by atoms with Gasteiger partial charge in [0.05, 0.1) is 0 Å². The average Bonchev–Trinajstić information content (AvgIpc) is 2.40. The van der Waals surface area contributed by atoms with E-state index >= 15 is 0 Å². The largest absolute Gasteiger partial charge is 0.402 e. The minimum atomic E-state index is -2.74. The SMILES string of the molecule is CC.Nc1nnc(C(F)F)o1. The highest BCUT2D eigenvalue weighted by molar-refractivity contribution is 5.04. The lowest BCUT2D eigenvalue weighted by Crippen LogP contribution is -1.81. The first-order valence-corrected chi connectivity index (χ1v) is 3.07. The normalized spacial score (nSPS) is 9.18. The van der Waals surface area contributed by atoms with E-state index in [4.69, 9.17) is 5.73 Å². The van der Waals surface area contributed by atoms with Crippen molar-refractivity contribution in [2.75, 3.05) is 5.73 Å². The second kappa shape index (κ2) is 4.59. The summed E-state index contributed by atoms with van der Waals surface area (Å²) < 4.78 is 27.2. The van der Waals surface area contributed by atoms with Gasteiger partial charge in [-0.1, -0.05) is 18.9 Å². The van der Waals surface area contributed by atoms with Crippen LogP contribution in [0.25, 0.3) is 0 Å². The van der Waals surface area contributed by atoms with Crippen LogP contribution in [0.15, 0.2) is 4.42 Å². The Morgan fingerprint density at radius 2 is 1.91 bits per heavy atom. The number of nitrogen functional groups attached to an aromatic ring is 1. The van der Waals surface area contributed by atoms with Gasteiger partial charge in [0.2, 0.25) is 0 Å². The minimum Gasteiger partial charge on any atom is -0.402 e. The topological polar surface area (TPSA) is 64.9 Å². The number of rotatable bonds is 1. The van der Waals surface area contributed by atoms with Crippen molar-refractivity contribution in [1.82, 2.24) is 10.2 Å². The smallest absolute Gasteiger partial charge is 0.314 e. The second-order valence-corrected chi connectivity index (χ2v) is 1.28. The van der Waals surface area contributed by atoms with Crippen LogP contribution < -0.4 is 5.73 Å². The molecule has 6 heteroatoms. The molecule has 0 saturated heterocycles. The Hall–Kier alpha value is -1.20. The third-order valence-corrected chi connectivity index (χ3v) is 0.643. The molecule has 0 aliphatic rings. The zero-order valence-corrected chi connectivity index (χ0v) is 6.21. The van der Waals surface area contributed by atoms with Gasteiger partial charge in [-0.2, -0.15) is 8.78 Å². The fourth-order valence-electron chi connectivity index (χ4n) is 0.335. The van der Waals surface area contributed by atoms with Crippen molar-refractivity contribution < 1.29 is 13.2 Å². The van der Waals surface area contributed by atoms with Gasteiger partial charge < -0.3 is 10.2 Å². The third kappa shape index (κ3) is 2.92. The molecule has 2 N–H and O–H groups in total. The first kappa shape index (κ1) is 9.80. The van der Waals surface area contributed by atoms with Crippen molar-refractivity contribution in [3.63, 3.8) is 0 Å². The number of alkyl halides is 2. The Morgan fingerprint density at radius 1 is 1.36 bits per heavy atom. The van der Waals surface area contributed by atoms with Gasteiger partial charge in [0.25, 0.3) is 5.89 Å². The van der Waals surface area contributed by atoms with E-state index in [0.29, 0.717) is 0 Å². The Labute approximate surface area is 62.4 Å². The first-order chi connectivity index (χ1) is 5.20. The van der Waals surface area contributed by atoms with Gasteiger partial charge in [-0.3, -0.25) is 0 Å². The van der Waals surface area contributed by atoms with Gasteiger partial charge in [-0.25, -0.2) is 0 Å². The summed E-state index contributed by atoms with van der Waals surface area (Å²) in [5.74, 6) is -0.743. The van der Waals surface area contributed by atoms with Crippen molar-refractivity contribution >= 4 is 6.01 Å². The molecule has 64 valence electrons. The van der Waals surface area contributed by atoms with Crippen molar-refractivity contribution in [3.05, 3.63) is 5.89 Å². The predicted molar refractivity (Wildman–Crippen MR) is 35.0 cm³/mol. The van der Waals surface area contributed by atoms with Crippen molar-refractivity contribution in [3.8, 4) is 0 Å². The summed E-state index contributed by atoms with van der Waals surface area (Å²) in [4.78, 5) is 0. The summed E-state index contributed by atoms with van der Waals surface area (Å²) in [6.45, 7) is 4.00. The lowest BCUT2D eigenvalue weighted by Gasteiger charge is -1.84. The van der Waals surface area contributed by atoms with Crippen molar-refractivity contribution in [1.29, 1.82) is 0 Å². The quantitative estimate of drug-likeness (QED) is 0.686. The molecule has 0 radical (unpaired) electrons. The molecular formula is C5H9F2N3O. The Kier molecular flexibility index (Phi) is 4.09. The van der Waals surface area contributed by atoms with E-state index in [-0.39, 0.29) is 6.01 Å². The molecule has 1 aromatic heterocycles. The molecule has 0 amide bonds. The number of aromatic nitrogens is 2. The van der Waals surface area contributed by atoms with Crippen LogP contribution in [0.2, 0.25) is 0 Å². The molecule has 0 saturated carbocycles. The van der Waals surface area contributed by atoms with Crippen LogP contribution in [-0.4, -0.2) is 10.2 Å². The predicted octanol–water partition coefficient (Wildman–Crippen LogP) is 1.62. The molecule has 0 aliphatic heterocycles. The standard InChI is InChI=1S/C3H3F2N3O.C2H6/c4-1(5)2-7-8-3(6)9-2;1-2/h1H,(H2,6,8);1-2H3. The number of nitrogens with zero attached hydrogens (tertiary/aromatic N) is 2. The van der Waals surface area contributed by atoms with E-state index in [2.05, 4.69) is 14.6 Å². The molecular weight excluding hydrogens is 156 g/mol. The summed E-state index contributed by atoms with van der Waals surface area (Å²) in [5, 5.41) is 5.94. The Bertz CT molecular complexity index is 201. The maximum absolute atomic E-state index is 11.5. The molecule has 0 aliphatic carbocycles. The minimum absolute atomic E-state index is 0.342. The van der Waals surface area contributed by atoms with E-state index in [9.17, 15) is 8.78 Å². The maximum atomic E-state index is 11.5. The molecule has 1 rings (SSSR count). The number of halogens is 2. The van der Waals surface area contributed by atoms with Gasteiger partial charge in [-0.05, 0) is 0 Å². The monoisotopic (exact) mass is 165 g/mol. The zero-order chi connectivity index (χ0) is 8.85. The molecule has 11 heavy (non-hydrogen) atoms. The molecule has 0 fully saturated rings. The number of nitrogens with two attached hydrogens (primary N) is 1. The Morgan fingerprint density at radius 3 is 2.09 bits per heavy atom. The van der Waals surface area contributed by atoms with E-state index in [1.807, 2.05) is 13.8 Å². The molecule has 0 spiro atoms. The fourth-order valence-corrected chi connectivity index (χ4v) is 0.335. The highest BCUT2D eigenvalue weighted by Crippen LogP contribution is 2.16. The number of hydrogen-bond acceptors (Lipinski definition) is 4. The summed E-state index contributed by atoms with van der Waals surface area (Å²) in [5.41, 5.74) is 4.84. The van der Waals surface area contributed by atoms with E-state index in [1.165, 1.54) is 0 Å². The zero-order valence-electron chi connectivity index (χ0n) is 6.21. The molecule has 0 aromatic carbocycles. The van der Waals surface area contributed by atoms with Gasteiger partial charge in [-0.15, -0.1) is 5.10 Å². The molecule has 4 nitrogen and oxygen atoms in total. The summed E-state index contributed by atoms with van der Waals surface area (Å²) in [6, 6.07) is -0.342. The van der Waals surface area contributed by atoms with Crippen LogP contribution in [0.3, 0.4) is 0 Å². The van der Waals surface area contributed by atoms with Crippen LogP contribution in [0.4, 0.5) is 14.8 Å². The van der Waals surface area contributed by atoms with Gasteiger partial charge in [0, 0.05) is 0 Å². The third-order valence-electron chi connectivity index (χ3n) is 0.643. The summed E-state index contributed by atoms with van der Waals surface area (Å²) in [6.07, 6.45) is -2.74. The summed E-state index contributed by atoms with van der Waals surface area (Å²) >= 11 is 0. The summed E-state index contributed by atoms with van der Waals surface area (Å²) in [7, 11) is 0. The Balaban J connectivity index is 0.000000461. The van der Waals surface area contributed by atoms with Crippen LogP contribution in [0.5, 0.6) is 0 Å². The second-order valence-electron chi connectivity index (χ2n) is 1.28. The number of anilines is 1. The lowest BCUT2D eigenvalue weighted by molar-refractivity contribution is 0.116. The number of hydrogen-bond donors (Lipinski definition) is 1. The fraction of sp³-hybridized carbons (Fsp3) is 0.600. The van der Waals surface area contributed by atoms with Crippen LogP contribution >= 0.6 is 0 Å². The average molecular weight is 165 g/mol. The van der Waals surface area contributed by atoms with Crippen LogP contribution in [0.1, 0.15) is 26.2 Å². The van der Waals surface area contributed by atoms with Crippen LogP contribution in [-0.2, 0) is 0 Å². The highest BCUT2D eigenvalue weighted by atomic mass is 19.3. The van der Waals surface area contributed by atoms with Crippen molar-refractivity contribution in [2.24, 2.45) is 0 Å². The van der Waals surface area contributed by atoms with Crippen molar-refractivity contribution in [2.45, 2.75) is 20.3 Å². The molecule has 0 bridgehead atoms. The van der Waals surface area contributed by atoms with Crippen LogP contribution in [0, 0.1) is 0 Å². The highest BCUT2D eigenvalue weighted by Gasteiger charge is 2.13. The van der Waals surface area contributed by atoms with Gasteiger partial charge >= 0.3 is 12.4 Å². The van der Waals surface area contributed by atoms with E-state index < -0.39 is 12.3 Å². The molecule has 1 aromatic rings.